The SMILES string of the molecule is CCNC(=NCc1ccccn1)NC1CCc2nc(COC)nn2C1. The fourth-order valence-corrected chi connectivity index (χ4v) is 2.83. The van der Waals surface area contributed by atoms with Gasteiger partial charge in [-0.25, -0.2) is 14.7 Å². The van der Waals surface area contributed by atoms with Gasteiger partial charge in [-0.05, 0) is 25.5 Å². The summed E-state index contributed by atoms with van der Waals surface area (Å²) in [5.41, 5.74) is 0.950. The number of nitrogens with one attached hydrogen (secondary N) is 2. The number of pyridine rings is 1. The molecule has 1 unspecified atom stereocenters. The van der Waals surface area contributed by atoms with E-state index in [1.54, 1.807) is 13.3 Å². The largest absolute Gasteiger partial charge is 0.377 e. The third kappa shape index (κ3) is 4.76. The van der Waals surface area contributed by atoms with Crippen LogP contribution in [0.3, 0.4) is 0 Å². The maximum absolute atomic E-state index is 5.11. The highest BCUT2D eigenvalue weighted by Crippen LogP contribution is 2.13. The van der Waals surface area contributed by atoms with E-state index in [-0.39, 0.29) is 6.04 Å². The number of aromatic nitrogens is 4. The molecule has 8 heteroatoms. The summed E-state index contributed by atoms with van der Waals surface area (Å²) in [6.45, 7) is 4.65. The third-order valence-corrected chi connectivity index (χ3v) is 3.99. The molecule has 3 rings (SSSR count). The zero-order valence-corrected chi connectivity index (χ0v) is 14.8. The lowest BCUT2D eigenvalue weighted by molar-refractivity contribution is 0.177. The molecule has 0 radical (unpaired) electrons. The summed E-state index contributed by atoms with van der Waals surface area (Å²) in [5.74, 6) is 2.58. The minimum Gasteiger partial charge on any atom is -0.377 e. The van der Waals surface area contributed by atoms with Crippen LogP contribution in [-0.2, 0) is 30.9 Å². The van der Waals surface area contributed by atoms with Crippen molar-refractivity contribution >= 4 is 5.96 Å². The standard InChI is InChI=1S/C17H25N7O/c1-3-18-17(20-10-13-6-4-5-9-19-13)21-14-7-8-16-22-15(12-25-2)23-24(16)11-14/h4-6,9,14H,3,7-8,10-12H2,1-2H3,(H2,18,20,21). The third-order valence-electron chi connectivity index (χ3n) is 3.99. The number of guanidine groups is 1. The molecule has 1 atom stereocenters. The van der Waals surface area contributed by atoms with Crippen molar-refractivity contribution < 1.29 is 4.74 Å². The van der Waals surface area contributed by atoms with Gasteiger partial charge >= 0.3 is 0 Å². The topological polar surface area (TPSA) is 89.2 Å². The fraction of sp³-hybridized carbons (Fsp3) is 0.529. The molecule has 25 heavy (non-hydrogen) atoms. The molecule has 3 heterocycles. The molecule has 8 nitrogen and oxygen atoms in total. The van der Waals surface area contributed by atoms with E-state index in [1.807, 2.05) is 22.9 Å². The molecule has 1 aliphatic heterocycles. The Morgan fingerprint density at radius 2 is 2.36 bits per heavy atom. The summed E-state index contributed by atoms with van der Waals surface area (Å²) in [7, 11) is 1.66. The predicted molar refractivity (Wildman–Crippen MR) is 95.0 cm³/mol. The Bertz CT molecular complexity index is 698. The van der Waals surface area contributed by atoms with E-state index in [2.05, 4.69) is 37.6 Å². The van der Waals surface area contributed by atoms with Crippen molar-refractivity contribution in [3.05, 3.63) is 41.7 Å². The van der Waals surface area contributed by atoms with Crippen molar-refractivity contribution in [3.63, 3.8) is 0 Å². The Labute approximate surface area is 147 Å². The number of nitrogens with zero attached hydrogens (tertiary/aromatic N) is 5. The highest BCUT2D eigenvalue weighted by molar-refractivity contribution is 5.80. The van der Waals surface area contributed by atoms with Gasteiger partial charge < -0.3 is 15.4 Å². The van der Waals surface area contributed by atoms with Crippen LogP contribution in [0.25, 0.3) is 0 Å². The van der Waals surface area contributed by atoms with Crippen LogP contribution in [0.15, 0.2) is 29.4 Å². The van der Waals surface area contributed by atoms with Gasteiger partial charge in [-0.15, -0.1) is 0 Å². The van der Waals surface area contributed by atoms with Crippen LogP contribution in [0, 0.1) is 0 Å². The van der Waals surface area contributed by atoms with Crippen LogP contribution >= 0.6 is 0 Å². The molecule has 2 N–H and O–H groups in total. The maximum Gasteiger partial charge on any atom is 0.191 e. The second-order valence-corrected chi connectivity index (χ2v) is 5.96. The summed E-state index contributed by atoms with van der Waals surface area (Å²) >= 11 is 0. The van der Waals surface area contributed by atoms with Crippen molar-refractivity contribution in [2.75, 3.05) is 13.7 Å². The van der Waals surface area contributed by atoms with Gasteiger partial charge in [0.15, 0.2) is 11.8 Å². The number of aryl methyl sites for hydroxylation is 1. The highest BCUT2D eigenvalue weighted by Gasteiger charge is 2.22. The number of hydrogen-bond acceptors (Lipinski definition) is 5. The van der Waals surface area contributed by atoms with E-state index in [0.29, 0.717) is 13.2 Å². The van der Waals surface area contributed by atoms with Crippen LogP contribution in [-0.4, -0.2) is 45.4 Å². The highest BCUT2D eigenvalue weighted by atomic mass is 16.5. The number of methoxy groups -OCH3 is 1. The van der Waals surface area contributed by atoms with Gasteiger partial charge in [-0.3, -0.25) is 4.98 Å². The molecule has 0 bridgehead atoms. The van der Waals surface area contributed by atoms with Crippen LogP contribution in [0.1, 0.15) is 30.7 Å². The number of rotatable bonds is 6. The van der Waals surface area contributed by atoms with E-state index < -0.39 is 0 Å². The molecule has 0 saturated heterocycles. The van der Waals surface area contributed by atoms with Crippen LogP contribution < -0.4 is 10.6 Å². The Morgan fingerprint density at radius 3 is 3.12 bits per heavy atom. The summed E-state index contributed by atoms with van der Waals surface area (Å²) in [5, 5.41) is 11.3. The second-order valence-electron chi connectivity index (χ2n) is 5.96. The van der Waals surface area contributed by atoms with Gasteiger partial charge in [-0.2, -0.15) is 5.10 Å². The number of aliphatic imine (C=N–C) groups is 1. The molecule has 0 aromatic carbocycles. The lowest BCUT2D eigenvalue weighted by Gasteiger charge is -2.25. The Kier molecular flexibility index (Phi) is 5.95. The van der Waals surface area contributed by atoms with E-state index in [9.17, 15) is 0 Å². The lowest BCUT2D eigenvalue weighted by atomic mass is 10.1. The first-order valence-corrected chi connectivity index (χ1v) is 8.64. The van der Waals surface area contributed by atoms with Crippen LogP contribution in [0.4, 0.5) is 0 Å². The van der Waals surface area contributed by atoms with Crippen molar-refractivity contribution in [1.82, 2.24) is 30.4 Å². The summed E-state index contributed by atoms with van der Waals surface area (Å²) in [4.78, 5) is 13.5. The van der Waals surface area contributed by atoms with Gasteiger partial charge in [0, 0.05) is 32.3 Å². The Balaban J connectivity index is 1.62. The molecule has 1 aliphatic rings. The normalized spacial score (nSPS) is 17.2. The van der Waals surface area contributed by atoms with Crippen LogP contribution in [0.2, 0.25) is 0 Å². The lowest BCUT2D eigenvalue weighted by Crippen LogP contribution is -2.47. The van der Waals surface area contributed by atoms with E-state index in [0.717, 1.165) is 49.2 Å². The first-order chi connectivity index (χ1) is 12.3. The minimum absolute atomic E-state index is 0.270. The zero-order chi connectivity index (χ0) is 17.5. The minimum atomic E-state index is 0.270. The molecule has 0 spiro atoms. The molecule has 2 aromatic rings. The molecule has 134 valence electrons. The van der Waals surface area contributed by atoms with Gasteiger partial charge in [0.25, 0.3) is 0 Å². The monoisotopic (exact) mass is 343 g/mol. The first-order valence-electron chi connectivity index (χ1n) is 8.64. The fourth-order valence-electron chi connectivity index (χ4n) is 2.83. The van der Waals surface area contributed by atoms with E-state index in [4.69, 9.17) is 4.74 Å². The van der Waals surface area contributed by atoms with Crippen molar-refractivity contribution in [2.45, 2.75) is 45.5 Å². The zero-order valence-electron chi connectivity index (χ0n) is 14.8. The summed E-state index contributed by atoms with van der Waals surface area (Å²) in [6, 6.07) is 6.13. The van der Waals surface area contributed by atoms with Crippen molar-refractivity contribution in [3.8, 4) is 0 Å². The van der Waals surface area contributed by atoms with Crippen LogP contribution in [0.5, 0.6) is 0 Å². The number of hydrogen-bond donors (Lipinski definition) is 2. The maximum atomic E-state index is 5.11. The number of ether oxygens (including phenoxy) is 1. The molecule has 0 aliphatic carbocycles. The smallest absolute Gasteiger partial charge is 0.191 e. The molecule has 0 fully saturated rings. The van der Waals surface area contributed by atoms with Crippen molar-refractivity contribution in [1.29, 1.82) is 0 Å². The molecule has 2 aromatic heterocycles. The van der Waals surface area contributed by atoms with Crippen molar-refractivity contribution in [2.24, 2.45) is 4.99 Å². The Morgan fingerprint density at radius 1 is 1.44 bits per heavy atom. The quantitative estimate of drug-likeness (QED) is 0.598. The second kappa shape index (κ2) is 8.57. The molecule has 0 amide bonds. The van der Waals surface area contributed by atoms with E-state index in [1.165, 1.54) is 0 Å². The van der Waals surface area contributed by atoms with E-state index >= 15 is 0 Å². The number of fused-ring (bicyclic) bond motifs is 1. The van der Waals surface area contributed by atoms with Gasteiger partial charge in [0.1, 0.15) is 12.4 Å². The molecule has 0 saturated carbocycles. The van der Waals surface area contributed by atoms with Gasteiger partial charge in [0.05, 0.1) is 18.8 Å². The Hall–Kier alpha value is -2.48. The first kappa shape index (κ1) is 17.3. The van der Waals surface area contributed by atoms with Gasteiger partial charge in [-0.1, -0.05) is 6.07 Å². The molecular formula is C17H25N7O. The summed E-state index contributed by atoms with van der Waals surface area (Å²) < 4.78 is 7.08. The average Bonchev–Trinajstić information content (AvgIpc) is 3.03. The average molecular weight is 343 g/mol. The van der Waals surface area contributed by atoms with Gasteiger partial charge in [0.2, 0.25) is 0 Å². The summed E-state index contributed by atoms with van der Waals surface area (Å²) in [6.07, 6.45) is 3.68. The predicted octanol–water partition coefficient (Wildman–Crippen LogP) is 0.890. The molecular weight excluding hydrogens is 318 g/mol.